The molecule has 98 valence electrons. The van der Waals surface area contributed by atoms with Gasteiger partial charge in [-0.15, -0.1) is 0 Å². The summed E-state index contributed by atoms with van der Waals surface area (Å²) in [6.07, 6.45) is 3.77. The van der Waals surface area contributed by atoms with Gasteiger partial charge in [0.05, 0.1) is 7.11 Å². The molecule has 2 nitrogen and oxygen atoms in total. The maximum Gasteiger partial charge on any atom is 0.134 e. The van der Waals surface area contributed by atoms with E-state index < -0.39 is 0 Å². The highest BCUT2D eigenvalue weighted by molar-refractivity contribution is 5.68. The topological polar surface area (TPSA) is 35.2 Å². The van der Waals surface area contributed by atoms with E-state index in [1.807, 2.05) is 6.08 Å². The van der Waals surface area contributed by atoms with E-state index in [9.17, 15) is 4.39 Å². The smallest absolute Gasteiger partial charge is 0.134 e. The van der Waals surface area contributed by atoms with Crippen molar-refractivity contribution in [2.45, 2.75) is 32.7 Å². The molecule has 0 aliphatic heterocycles. The van der Waals surface area contributed by atoms with E-state index in [4.69, 9.17) is 10.5 Å². The van der Waals surface area contributed by atoms with Crippen LogP contribution in [-0.2, 0) is 0 Å². The molecule has 0 heterocycles. The first kappa shape index (κ1) is 13.1. The molecule has 0 saturated carbocycles. The lowest BCUT2D eigenvalue weighted by molar-refractivity contribution is 0.318. The fourth-order valence-corrected chi connectivity index (χ4v) is 2.67. The van der Waals surface area contributed by atoms with Gasteiger partial charge in [-0.05, 0) is 36.0 Å². The molecule has 1 aromatic carbocycles. The predicted octanol–water partition coefficient (Wildman–Crippen LogP) is 3.37. The van der Waals surface area contributed by atoms with Crippen LogP contribution in [0.2, 0.25) is 0 Å². The molecule has 3 heteroatoms. The van der Waals surface area contributed by atoms with Crippen LogP contribution >= 0.6 is 0 Å². The minimum absolute atomic E-state index is 0.00486. The number of methoxy groups -OCH3 is 1. The van der Waals surface area contributed by atoms with Crippen LogP contribution in [0.25, 0.3) is 5.57 Å². The Labute approximate surface area is 108 Å². The summed E-state index contributed by atoms with van der Waals surface area (Å²) in [6.45, 7) is 4.34. The summed E-state index contributed by atoms with van der Waals surface area (Å²) < 4.78 is 19.1. The van der Waals surface area contributed by atoms with Crippen molar-refractivity contribution in [3.05, 3.63) is 35.7 Å². The molecule has 0 radical (unpaired) electrons. The summed E-state index contributed by atoms with van der Waals surface area (Å²) in [5, 5.41) is 0. The number of allylic oxidation sites excluding steroid dienone is 1. The van der Waals surface area contributed by atoms with Gasteiger partial charge in [0.15, 0.2) is 0 Å². The third kappa shape index (κ3) is 2.72. The van der Waals surface area contributed by atoms with E-state index in [0.717, 1.165) is 18.4 Å². The highest BCUT2D eigenvalue weighted by Gasteiger charge is 2.28. The van der Waals surface area contributed by atoms with Gasteiger partial charge in [-0.1, -0.05) is 19.9 Å². The average molecular weight is 249 g/mol. The molecule has 2 N–H and O–H groups in total. The van der Waals surface area contributed by atoms with Gasteiger partial charge < -0.3 is 10.5 Å². The molecule has 1 aliphatic carbocycles. The molecule has 18 heavy (non-hydrogen) atoms. The monoisotopic (exact) mass is 249 g/mol. The average Bonchev–Trinajstić information content (AvgIpc) is 2.25. The Bertz CT molecular complexity index is 479. The van der Waals surface area contributed by atoms with Crippen LogP contribution in [0.5, 0.6) is 5.75 Å². The Morgan fingerprint density at radius 1 is 1.39 bits per heavy atom. The Morgan fingerprint density at radius 2 is 2.11 bits per heavy atom. The quantitative estimate of drug-likeness (QED) is 0.872. The molecule has 0 aromatic heterocycles. The van der Waals surface area contributed by atoms with Crippen LogP contribution in [0.15, 0.2) is 24.3 Å². The standard InChI is InChI=1S/C15H20FNO/c1-15(2)8-10(6-11(17)9-15)13-5-4-12(18-3)7-14(13)16/h4-7,11H,8-9,17H2,1-3H3. The molecular formula is C15H20FNO. The zero-order valence-corrected chi connectivity index (χ0v) is 11.2. The highest BCUT2D eigenvalue weighted by Crippen LogP contribution is 2.40. The minimum atomic E-state index is -0.245. The van der Waals surface area contributed by atoms with Crippen molar-refractivity contribution in [2.24, 2.45) is 11.1 Å². The van der Waals surface area contributed by atoms with E-state index >= 15 is 0 Å². The van der Waals surface area contributed by atoms with Crippen LogP contribution in [0.1, 0.15) is 32.3 Å². The SMILES string of the molecule is COc1ccc(C2=CC(N)CC(C)(C)C2)c(F)c1. The summed E-state index contributed by atoms with van der Waals surface area (Å²) in [5.74, 6) is 0.293. The molecule has 0 fully saturated rings. The molecule has 0 bridgehead atoms. The van der Waals surface area contributed by atoms with Crippen molar-refractivity contribution in [1.82, 2.24) is 0 Å². The van der Waals surface area contributed by atoms with Gasteiger partial charge in [-0.3, -0.25) is 0 Å². The molecule has 0 saturated heterocycles. The number of ether oxygens (including phenoxy) is 1. The fourth-order valence-electron chi connectivity index (χ4n) is 2.67. The number of benzene rings is 1. The zero-order valence-electron chi connectivity index (χ0n) is 11.2. The van der Waals surface area contributed by atoms with Gasteiger partial charge in [0.25, 0.3) is 0 Å². The largest absolute Gasteiger partial charge is 0.497 e. The van der Waals surface area contributed by atoms with E-state index in [1.165, 1.54) is 13.2 Å². The summed E-state index contributed by atoms with van der Waals surface area (Å²) in [6, 6.07) is 4.98. The number of nitrogens with two attached hydrogens (primary N) is 1. The first-order chi connectivity index (χ1) is 8.41. The minimum Gasteiger partial charge on any atom is -0.497 e. The maximum atomic E-state index is 14.0. The van der Waals surface area contributed by atoms with Crippen molar-refractivity contribution < 1.29 is 9.13 Å². The molecule has 1 aliphatic rings. The Hall–Kier alpha value is -1.35. The third-order valence-corrected chi connectivity index (χ3v) is 3.39. The zero-order chi connectivity index (χ0) is 13.3. The lowest BCUT2D eigenvalue weighted by Crippen LogP contribution is -2.30. The number of hydrogen-bond acceptors (Lipinski definition) is 2. The van der Waals surface area contributed by atoms with Gasteiger partial charge in [0.2, 0.25) is 0 Å². The third-order valence-electron chi connectivity index (χ3n) is 3.39. The highest BCUT2D eigenvalue weighted by atomic mass is 19.1. The van der Waals surface area contributed by atoms with Crippen molar-refractivity contribution in [2.75, 3.05) is 7.11 Å². The summed E-state index contributed by atoms with van der Waals surface area (Å²) >= 11 is 0. The van der Waals surface area contributed by atoms with Crippen LogP contribution in [0.4, 0.5) is 4.39 Å². The second-order valence-corrected chi connectivity index (χ2v) is 5.75. The van der Waals surface area contributed by atoms with Crippen molar-refractivity contribution >= 4 is 5.57 Å². The van der Waals surface area contributed by atoms with Gasteiger partial charge in [0, 0.05) is 17.7 Å². The van der Waals surface area contributed by atoms with E-state index in [2.05, 4.69) is 13.8 Å². The van der Waals surface area contributed by atoms with Crippen LogP contribution < -0.4 is 10.5 Å². The Morgan fingerprint density at radius 3 is 2.67 bits per heavy atom. The van der Waals surface area contributed by atoms with Crippen molar-refractivity contribution in [3.63, 3.8) is 0 Å². The molecule has 2 rings (SSSR count). The predicted molar refractivity (Wildman–Crippen MR) is 71.9 cm³/mol. The molecule has 0 spiro atoms. The van der Waals surface area contributed by atoms with Gasteiger partial charge >= 0.3 is 0 Å². The molecule has 1 aromatic rings. The second kappa shape index (κ2) is 4.73. The Balaban J connectivity index is 2.37. The normalized spacial score (nSPS) is 22.5. The molecule has 1 atom stereocenters. The number of rotatable bonds is 2. The van der Waals surface area contributed by atoms with Crippen LogP contribution in [-0.4, -0.2) is 13.2 Å². The van der Waals surface area contributed by atoms with Gasteiger partial charge in [-0.2, -0.15) is 0 Å². The number of halogens is 1. The van der Waals surface area contributed by atoms with Crippen LogP contribution in [0, 0.1) is 11.2 Å². The van der Waals surface area contributed by atoms with Gasteiger partial charge in [0.1, 0.15) is 11.6 Å². The van der Waals surface area contributed by atoms with Crippen molar-refractivity contribution in [1.29, 1.82) is 0 Å². The maximum absolute atomic E-state index is 14.0. The summed E-state index contributed by atoms with van der Waals surface area (Å²) in [5.41, 5.74) is 7.78. The lowest BCUT2D eigenvalue weighted by atomic mass is 9.74. The fraction of sp³-hybridized carbons (Fsp3) is 0.467. The lowest BCUT2D eigenvalue weighted by Gasteiger charge is -2.33. The first-order valence-corrected chi connectivity index (χ1v) is 6.21. The summed E-state index contributed by atoms with van der Waals surface area (Å²) in [4.78, 5) is 0. The molecule has 0 amide bonds. The van der Waals surface area contributed by atoms with E-state index in [-0.39, 0.29) is 17.3 Å². The van der Waals surface area contributed by atoms with Crippen molar-refractivity contribution in [3.8, 4) is 5.75 Å². The molecule has 1 unspecified atom stereocenters. The van der Waals surface area contributed by atoms with E-state index in [0.29, 0.717) is 11.3 Å². The van der Waals surface area contributed by atoms with Gasteiger partial charge in [-0.25, -0.2) is 4.39 Å². The summed E-state index contributed by atoms with van der Waals surface area (Å²) in [7, 11) is 1.54. The first-order valence-electron chi connectivity index (χ1n) is 6.21. The second-order valence-electron chi connectivity index (χ2n) is 5.75. The number of hydrogen-bond donors (Lipinski definition) is 1. The Kier molecular flexibility index (Phi) is 3.44. The van der Waals surface area contributed by atoms with E-state index in [1.54, 1.807) is 12.1 Å². The molecular weight excluding hydrogens is 229 g/mol. The van der Waals surface area contributed by atoms with Crippen LogP contribution in [0.3, 0.4) is 0 Å².